The van der Waals surface area contributed by atoms with Crippen LogP contribution < -0.4 is 5.73 Å². The zero-order valence-electron chi connectivity index (χ0n) is 11.4. The van der Waals surface area contributed by atoms with Gasteiger partial charge < -0.3 is 15.9 Å². The number of phenolic OH excluding ortho intramolecular Hbond substituents is 1. The van der Waals surface area contributed by atoms with Gasteiger partial charge in [0.1, 0.15) is 5.75 Å². The summed E-state index contributed by atoms with van der Waals surface area (Å²) in [6.45, 7) is 0.581. The predicted molar refractivity (Wildman–Crippen MR) is 75.2 cm³/mol. The molecule has 0 unspecified atom stereocenters. The molecule has 0 radical (unpaired) electrons. The Hall–Kier alpha value is -1.06. The molecule has 3 rings (SSSR count). The van der Waals surface area contributed by atoms with Crippen LogP contribution in [0.15, 0.2) is 18.2 Å². The van der Waals surface area contributed by atoms with Crippen molar-refractivity contribution in [2.75, 3.05) is 6.54 Å². The third-order valence-corrected chi connectivity index (χ3v) is 5.32. The lowest BCUT2D eigenvalue weighted by atomic mass is 9.53. The van der Waals surface area contributed by atoms with Crippen molar-refractivity contribution in [1.29, 1.82) is 0 Å². The van der Waals surface area contributed by atoms with E-state index in [2.05, 4.69) is 0 Å². The van der Waals surface area contributed by atoms with E-state index in [-0.39, 0.29) is 5.41 Å². The fraction of sp³-hybridized carbons (Fsp3) is 0.625. The number of aromatic hydroxyl groups is 1. The zero-order chi connectivity index (χ0) is 13.5. The Kier molecular flexibility index (Phi) is 3.06. The highest BCUT2D eigenvalue weighted by Gasteiger charge is 2.54. The Morgan fingerprint density at radius 3 is 2.74 bits per heavy atom. The highest BCUT2D eigenvalue weighted by atomic mass is 16.3. The lowest BCUT2D eigenvalue weighted by Crippen LogP contribution is -2.57. The number of rotatable bonds is 2. The molecule has 104 valence electrons. The van der Waals surface area contributed by atoms with E-state index >= 15 is 0 Å². The molecule has 3 heteroatoms. The maximum absolute atomic E-state index is 11.2. The number of benzene rings is 1. The topological polar surface area (TPSA) is 66.5 Å². The van der Waals surface area contributed by atoms with Gasteiger partial charge >= 0.3 is 0 Å². The Labute approximate surface area is 114 Å². The Morgan fingerprint density at radius 2 is 1.95 bits per heavy atom. The van der Waals surface area contributed by atoms with Gasteiger partial charge in [-0.15, -0.1) is 0 Å². The average molecular weight is 261 g/mol. The van der Waals surface area contributed by atoms with Crippen molar-refractivity contribution in [3.8, 4) is 5.75 Å². The smallest absolute Gasteiger partial charge is 0.115 e. The number of fused-ring (bicyclic) bond motifs is 3. The first-order chi connectivity index (χ1) is 9.11. The third kappa shape index (κ3) is 1.79. The zero-order valence-corrected chi connectivity index (χ0v) is 11.4. The first kappa shape index (κ1) is 12.9. The Morgan fingerprint density at radius 1 is 1.16 bits per heavy atom. The molecule has 0 saturated heterocycles. The fourth-order valence-electron chi connectivity index (χ4n) is 4.37. The molecule has 0 amide bonds. The van der Waals surface area contributed by atoms with E-state index in [1.165, 1.54) is 5.56 Å². The second-order valence-electron chi connectivity index (χ2n) is 6.20. The molecule has 2 aliphatic rings. The van der Waals surface area contributed by atoms with Crippen LogP contribution in [0.3, 0.4) is 0 Å². The van der Waals surface area contributed by atoms with Crippen molar-refractivity contribution >= 4 is 0 Å². The van der Waals surface area contributed by atoms with Crippen molar-refractivity contribution in [2.24, 2.45) is 5.73 Å². The third-order valence-electron chi connectivity index (χ3n) is 5.32. The van der Waals surface area contributed by atoms with E-state index in [1.807, 2.05) is 12.1 Å². The summed E-state index contributed by atoms with van der Waals surface area (Å²) in [5, 5.41) is 21.0. The summed E-state index contributed by atoms with van der Waals surface area (Å²) in [6, 6.07) is 5.62. The number of aryl methyl sites for hydroxylation is 1. The molecule has 3 nitrogen and oxygen atoms in total. The van der Waals surface area contributed by atoms with Crippen LogP contribution in [0.1, 0.15) is 49.7 Å². The maximum Gasteiger partial charge on any atom is 0.115 e. The highest BCUT2D eigenvalue weighted by Crippen LogP contribution is 2.54. The molecular formula is C16H23NO2. The summed E-state index contributed by atoms with van der Waals surface area (Å²) in [6.07, 6.45) is 6.61. The van der Waals surface area contributed by atoms with Crippen molar-refractivity contribution in [3.63, 3.8) is 0 Å². The predicted octanol–water partition coefficient (Wildman–Crippen LogP) is 2.23. The summed E-state index contributed by atoms with van der Waals surface area (Å²) in [7, 11) is 0. The second-order valence-corrected chi connectivity index (χ2v) is 6.20. The highest BCUT2D eigenvalue weighted by molar-refractivity contribution is 5.45. The lowest BCUT2D eigenvalue weighted by molar-refractivity contribution is -0.0862. The van der Waals surface area contributed by atoms with Crippen LogP contribution in [-0.2, 0) is 11.8 Å². The van der Waals surface area contributed by atoms with Gasteiger partial charge in [0, 0.05) is 5.41 Å². The summed E-state index contributed by atoms with van der Waals surface area (Å²) >= 11 is 0. The molecule has 0 heterocycles. The monoisotopic (exact) mass is 261 g/mol. The summed E-state index contributed by atoms with van der Waals surface area (Å²) in [5.41, 5.74) is 7.38. The van der Waals surface area contributed by atoms with Crippen LogP contribution in [0.25, 0.3) is 0 Å². The van der Waals surface area contributed by atoms with E-state index < -0.39 is 5.60 Å². The number of hydrogen-bond acceptors (Lipinski definition) is 3. The molecule has 1 aromatic rings. The number of aliphatic hydroxyl groups is 1. The molecule has 0 aromatic heterocycles. The minimum absolute atomic E-state index is 0.244. The van der Waals surface area contributed by atoms with Gasteiger partial charge in [-0.1, -0.05) is 18.9 Å². The van der Waals surface area contributed by atoms with E-state index in [0.29, 0.717) is 12.3 Å². The van der Waals surface area contributed by atoms with E-state index in [9.17, 15) is 10.2 Å². The van der Waals surface area contributed by atoms with Crippen molar-refractivity contribution in [1.82, 2.24) is 0 Å². The largest absolute Gasteiger partial charge is 0.508 e. The van der Waals surface area contributed by atoms with Gasteiger partial charge in [-0.25, -0.2) is 0 Å². The summed E-state index contributed by atoms with van der Waals surface area (Å²) in [5.74, 6) is 0.296. The van der Waals surface area contributed by atoms with Gasteiger partial charge in [0.05, 0.1) is 5.60 Å². The summed E-state index contributed by atoms with van der Waals surface area (Å²) in [4.78, 5) is 0. The van der Waals surface area contributed by atoms with E-state index in [0.717, 1.165) is 50.5 Å². The van der Waals surface area contributed by atoms with Crippen molar-refractivity contribution < 1.29 is 10.2 Å². The van der Waals surface area contributed by atoms with Crippen molar-refractivity contribution in [2.45, 2.75) is 56.0 Å². The quantitative estimate of drug-likeness (QED) is 0.765. The van der Waals surface area contributed by atoms with Gasteiger partial charge in [-0.05, 0) is 61.9 Å². The van der Waals surface area contributed by atoms with Crippen LogP contribution in [0.4, 0.5) is 0 Å². The number of phenols is 1. The van der Waals surface area contributed by atoms with Crippen LogP contribution in [0.2, 0.25) is 0 Å². The standard InChI is InChI=1S/C16H23NO2/c17-10-9-15-6-1-2-7-16(15,19)8-5-12-3-4-13(18)11-14(12)15/h3-4,11,18-19H,1-2,5-10,17H2/t15-,16+/m0/s1. The molecule has 0 bridgehead atoms. The van der Waals surface area contributed by atoms with Crippen LogP contribution in [0.5, 0.6) is 5.75 Å². The molecule has 2 atom stereocenters. The van der Waals surface area contributed by atoms with E-state index in [1.54, 1.807) is 6.07 Å². The Balaban J connectivity index is 2.17. The molecule has 1 fully saturated rings. The van der Waals surface area contributed by atoms with Gasteiger partial charge in [-0.3, -0.25) is 0 Å². The van der Waals surface area contributed by atoms with Gasteiger partial charge in [0.15, 0.2) is 0 Å². The molecule has 1 saturated carbocycles. The fourth-order valence-corrected chi connectivity index (χ4v) is 4.37. The molecule has 19 heavy (non-hydrogen) atoms. The first-order valence-electron chi connectivity index (χ1n) is 7.36. The SMILES string of the molecule is NCC[C@]12CCCC[C@@]1(O)CCc1ccc(O)cc12. The Bertz CT molecular complexity index is 484. The molecule has 2 aliphatic carbocycles. The van der Waals surface area contributed by atoms with Crippen LogP contribution in [0, 0.1) is 0 Å². The second kappa shape index (κ2) is 4.50. The first-order valence-corrected chi connectivity index (χ1v) is 7.36. The molecule has 1 aromatic carbocycles. The van der Waals surface area contributed by atoms with Crippen LogP contribution in [-0.4, -0.2) is 22.4 Å². The maximum atomic E-state index is 11.2. The minimum atomic E-state index is -0.634. The summed E-state index contributed by atoms with van der Waals surface area (Å²) < 4.78 is 0. The van der Waals surface area contributed by atoms with Gasteiger partial charge in [-0.2, -0.15) is 0 Å². The molecule has 0 spiro atoms. The average Bonchev–Trinajstić information content (AvgIpc) is 2.40. The van der Waals surface area contributed by atoms with Gasteiger partial charge in [0.2, 0.25) is 0 Å². The molecular weight excluding hydrogens is 238 g/mol. The lowest BCUT2D eigenvalue weighted by Gasteiger charge is -2.54. The molecule has 0 aliphatic heterocycles. The van der Waals surface area contributed by atoms with Crippen LogP contribution >= 0.6 is 0 Å². The minimum Gasteiger partial charge on any atom is -0.508 e. The normalized spacial score (nSPS) is 33.6. The van der Waals surface area contributed by atoms with Crippen molar-refractivity contribution in [3.05, 3.63) is 29.3 Å². The number of hydrogen-bond donors (Lipinski definition) is 3. The van der Waals surface area contributed by atoms with Gasteiger partial charge in [0.25, 0.3) is 0 Å². The van der Waals surface area contributed by atoms with E-state index in [4.69, 9.17) is 5.73 Å². The molecule has 4 N–H and O–H groups in total. The number of nitrogens with two attached hydrogens (primary N) is 1.